The van der Waals surface area contributed by atoms with Crippen molar-refractivity contribution in [2.75, 3.05) is 10.6 Å². The van der Waals surface area contributed by atoms with E-state index in [0.29, 0.717) is 29.0 Å². The van der Waals surface area contributed by atoms with Gasteiger partial charge in [-0.3, -0.25) is 15.0 Å². The van der Waals surface area contributed by atoms with Crippen LogP contribution in [-0.2, 0) is 17.9 Å². The lowest BCUT2D eigenvalue weighted by molar-refractivity contribution is -0.137. The zero-order chi connectivity index (χ0) is 24.2. The number of aryl methyl sites for hydroxylation is 1. The van der Waals surface area contributed by atoms with Gasteiger partial charge in [0.2, 0.25) is 0 Å². The van der Waals surface area contributed by atoms with E-state index in [1.165, 1.54) is 0 Å². The number of carboxylic acid groups (broad SMARTS) is 1. The zero-order valence-corrected chi connectivity index (χ0v) is 18.6. The molecular weight excluding hydrogens is 430 g/mol. The first-order valence-corrected chi connectivity index (χ1v) is 10.7. The minimum absolute atomic E-state index is 0.0311. The summed E-state index contributed by atoms with van der Waals surface area (Å²) in [6.07, 6.45) is 1.77. The summed E-state index contributed by atoms with van der Waals surface area (Å²) in [4.78, 5) is 24.2. The van der Waals surface area contributed by atoms with Gasteiger partial charge in [0.25, 0.3) is 5.91 Å². The van der Waals surface area contributed by atoms with Crippen LogP contribution in [0.2, 0.25) is 0 Å². The summed E-state index contributed by atoms with van der Waals surface area (Å²) in [5.41, 5.74) is 10.6. The molecule has 3 aromatic carbocycles. The molecule has 6 N–H and O–H groups in total. The fraction of sp³-hybridized carbons (Fsp3) is 0.115. The highest BCUT2D eigenvalue weighted by atomic mass is 16.4. The van der Waals surface area contributed by atoms with E-state index in [9.17, 15) is 9.59 Å². The molecule has 0 saturated carbocycles. The van der Waals surface area contributed by atoms with E-state index < -0.39 is 5.97 Å². The molecule has 8 nitrogen and oxygen atoms in total. The summed E-state index contributed by atoms with van der Waals surface area (Å²) in [6.45, 7) is 2.29. The van der Waals surface area contributed by atoms with Crippen LogP contribution >= 0.6 is 0 Å². The van der Waals surface area contributed by atoms with Crippen LogP contribution in [0.15, 0.2) is 72.9 Å². The van der Waals surface area contributed by atoms with Crippen molar-refractivity contribution >= 4 is 40.0 Å². The Balaban J connectivity index is 1.52. The number of amidine groups is 1. The van der Waals surface area contributed by atoms with Crippen LogP contribution in [0.3, 0.4) is 0 Å². The van der Waals surface area contributed by atoms with Gasteiger partial charge in [0.1, 0.15) is 12.4 Å². The van der Waals surface area contributed by atoms with Gasteiger partial charge in [0, 0.05) is 35.2 Å². The average Bonchev–Trinajstić information content (AvgIpc) is 3.20. The number of benzene rings is 3. The van der Waals surface area contributed by atoms with Crippen molar-refractivity contribution in [3.05, 3.63) is 95.2 Å². The van der Waals surface area contributed by atoms with Gasteiger partial charge in [-0.15, -0.1) is 0 Å². The second-order valence-corrected chi connectivity index (χ2v) is 8.08. The van der Waals surface area contributed by atoms with Gasteiger partial charge in [-0.2, -0.15) is 0 Å². The average molecular weight is 456 g/mol. The van der Waals surface area contributed by atoms with Crippen molar-refractivity contribution in [2.24, 2.45) is 5.73 Å². The van der Waals surface area contributed by atoms with Crippen molar-refractivity contribution in [3.8, 4) is 0 Å². The van der Waals surface area contributed by atoms with Gasteiger partial charge in [-0.25, -0.2) is 0 Å². The number of fused-ring (bicyclic) bond motifs is 1. The number of aliphatic carboxylic acids is 1. The van der Waals surface area contributed by atoms with E-state index in [1.807, 2.05) is 49.4 Å². The molecule has 0 bridgehead atoms. The summed E-state index contributed by atoms with van der Waals surface area (Å²) < 4.78 is 1.70. The van der Waals surface area contributed by atoms with Gasteiger partial charge in [-0.05, 0) is 66.4 Å². The zero-order valence-electron chi connectivity index (χ0n) is 18.6. The number of nitrogens with one attached hydrogen (secondary N) is 3. The highest BCUT2D eigenvalue weighted by Gasteiger charge is 2.13. The molecule has 0 saturated heterocycles. The molecule has 0 aliphatic carbocycles. The number of carbonyl (C=O) groups is 2. The first-order valence-electron chi connectivity index (χ1n) is 10.7. The van der Waals surface area contributed by atoms with Crippen LogP contribution in [-0.4, -0.2) is 27.4 Å². The van der Waals surface area contributed by atoms with Crippen LogP contribution in [0.4, 0.5) is 11.4 Å². The van der Waals surface area contributed by atoms with E-state index >= 15 is 0 Å². The second kappa shape index (κ2) is 9.50. The molecule has 1 heterocycles. The predicted molar refractivity (Wildman–Crippen MR) is 133 cm³/mol. The van der Waals surface area contributed by atoms with E-state index in [0.717, 1.165) is 22.0 Å². The number of aromatic nitrogens is 1. The molecule has 0 atom stereocenters. The lowest BCUT2D eigenvalue weighted by Gasteiger charge is -2.14. The van der Waals surface area contributed by atoms with Crippen molar-refractivity contribution in [3.63, 3.8) is 0 Å². The number of hydrogen-bond acceptors (Lipinski definition) is 4. The van der Waals surface area contributed by atoms with E-state index in [-0.39, 0.29) is 18.3 Å². The van der Waals surface area contributed by atoms with Crippen LogP contribution in [0.25, 0.3) is 10.9 Å². The summed E-state index contributed by atoms with van der Waals surface area (Å²) in [7, 11) is 0. The molecule has 172 valence electrons. The van der Waals surface area contributed by atoms with E-state index in [1.54, 1.807) is 35.0 Å². The molecule has 1 aromatic heterocycles. The Morgan fingerprint density at radius 2 is 1.79 bits per heavy atom. The number of nitrogens with zero attached hydrogens (tertiary/aromatic N) is 1. The molecule has 0 aliphatic heterocycles. The normalized spacial score (nSPS) is 10.7. The molecule has 8 heteroatoms. The number of carbonyl (C=O) groups excluding carboxylic acids is 1. The molecule has 0 fully saturated rings. The minimum atomic E-state index is -0.896. The third-order valence-electron chi connectivity index (χ3n) is 5.50. The molecule has 0 unspecified atom stereocenters. The Morgan fingerprint density at radius 3 is 2.50 bits per heavy atom. The molecule has 34 heavy (non-hydrogen) atoms. The molecule has 1 amide bonds. The minimum Gasteiger partial charge on any atom is -0.480 e. The number of rotatable bonds is 8. The van der Waals surface area contributed by atoms with Crippen LogP contribution in [0.1, 0.15) is 27.0 Å². The Morgan fingerprint density at radius 1 is 1.03 bits per heavy atom. The van der Waals surface area contributed by atoms with Gasteiger partial charge in [-0.1, -0.05) is 23.8 Å². The summed E-state index contributed by atoms with van der Waals surface area (Å²) in [5.74, 6) is -1.18. The topological polar surface area (TPSA) is 133 Å². The quantitative estimate of drug-likeness (QED) is 0.201. The number of nitrogen functional groups attached to an aromatic ring is 1. The second-order valence-electron chi connectivity index (χ2n) is 8.08. The van der Waals surface area contributed by atoms with Gasteiger partial charge in [0.15, 0.2) is 0 Å². The smallest absolute Gasteiger partial charge is 0.323 e. The highest BCUT2D eigenvalue weighted by molar-refractivity contribution is 6.08. The fourth-order valence-corrected chi connectivity index (χ4v) is 3.75. The van der Waals surface area contributed by atoms with Gasteiger partial charge >= 0.3 is 5.97 Å². The van der Waals surface area contributed by atoms with Crippen LogP contribution in [0, 0.1) is 12.3 Å². The molecule has 0 aliphatic rings. The number of carboxylic acids is 1. The van der Waals surface area contributed by atoms with E-state index in [2.05, 4.69) is 10.6 Å². The van der Waals surface area contributed by atoms with Gasteiger partial charge in [0.05, 0.1) is 5.56 Å². The number of anilines is 2. The number of nitrogens with two attached hydrogens (primary N) is 1. The van der Waals surface area contributed by atoms with Crippen molar-refractivity contribution in [2.45, 2.75) is 20.0 Å². The maximum atomic E-state index is 13.0. The summed E-state index contributed by atoms with van der Waals surface area (Å²) in [5, 5.41) is 23.8. The largest absolute Gasteiger partial charge is 0.480 e. The fourth-order valence-electron chi connectivity index (χ4n) is 3.75. The number of amides is 1. The lowest BCUT2D eigenvalue weighted by Crippen LogP contribution is -2.16. The van der Waals surface area contributed by atoms with Crippen molar-refractivity contribution in [1.29, 1.82) is 5.41 Å². The predicted octanol–water partition coefficient (Wildman–Crippen LogP) is 4.18. The Labute approximate surface area is 196 Å². The Kier molecular flexibility index (Phi) is 6.31. The third kappa shape index (κ3) is 5.07. The van der Waals surface area contributed by atoms with Gasteiger partial charge < -0.3 is 26.0 Å². The summed E-state index contributed by atoms with van der Waals surface area (Å²) in [6, 6.07) is 20.2. The molecule has 0 spiro atoms. The standard InChI is InChI=1S/C26H25N5O3/c1-16-2-9-22(21(12-16)26(34)30-20-7-5-19(6-8-20)25(27)28)29-14-17-3-4-18-10-11-31(15-24(32)33)23(18)13-17/h2-13,29H,14-15H2,1H3,(H3,27,28)(H,30,34)(H,32,33). The van der Waals surface area contributed by atoms with E-state index in [4.69, 9.17) is 16.2 Å². The highest BCUT2D eigenvalue weighted by Crippen LogP contribution is 2.22. The van der Waals surface area contributed by atoms with Crippen LogP contribution < -0.4 is 16.4 Å². The first kappa shape index (κ1) is 22.6. The third-order valence-corrected chi connectivity index (χ3v) is 5.50. The maximum Gasteiger partial charge on any atom is 0.323 e. The molecule has 4 aromatic rings. The van der Waals surface area contributed by atoms with Crippen molar-refractivity contribution < 1.29 is 14.7 Å². The SMILES string of the molecule is Cc1ccc(NCc2ccc3ccn(CC(=O)O)c3c2)c(C(=O)Nc2ccc(C(=N)N)cc2)c1. The molecule has 0 radical (unpaired) electrons. The maximum absolute atomic E-state index is 13.0. The number of hydrogen-bond donors (Lipinski definition) is 5. The van der Waals surface area contributed by atoms with Crippen molar-refractivity contribution in [1.82, 2.24) is 4.57 Å². The molecule has 4 rings (SSSR count). The Hall–Kier alpha value is -4.59. The molecular formula is C26H25N5O3. The first-order chi connectivity index (χ1) is 16.3. The Bertz CT molecular complexity index is 1390. The lowest BCUT2D eigenvalue weighted by atomic mass is 10.1. The summed E-state index contributed by atoms with van der Waals surface area (Å²) >= 11 is 0. The monoisotopic (exact) mass is 455 g/mol. The van der Waals surface area contributed by atoms with Crippen LogP contribution in [0.5, 0.6) is 0 Å².